The van der Waals surface area contributed by atoms with E-state index >= 15 is 0 Å². The molecule has 0 nitrogen and oxygen atoms in total. The molecule has 0 rings (SSSR count). The maximum atomic E-state index is 14.4. The Balaban J connectivity index is 6.30. The monoisotopic (exact) mass is 462 g/mol. The maximum absolute atomic E-state index is 14.4. The van der Waals surface area contributed by atoms with Crippen LogP contribution >= 0.6 is 0 Å². The van der Waals surface area contributed by atoms with Crippen molar-refractivity contribution in [2.45, 2.75) is 87.2 Å². The zero-order valence-corrected chi connectivity index (χ0v) is 15.9. The summed E-state index contributed by atoms with van der Waals surface area (Å²) in [6, 6.07) is -2.22. The molecule has 0 heterocycles. The Hall–Kier alpha value is -0.693. The van der Waals surface area contributed by atoms with Gasteiger partial charge in [0.2, 0.25) is 0 Å². The van der Waals surface area contributed by atoms with Crippen molar-refractivity contribution < 1.29 is 57.1 Å². The van der Waals surface area contributed by atoms with E-state index in [4.69, 9.17) is 0 Å². The lowest BCUT2D eigenvalue weighted by Crippen LogP contribution is -2.73. The highest BCUT2D eigenvalue weighted by Crippen LogP contribution is 2.60. The lowest BCUT2D eigenvalue weighted by Gasteiger charge is -2.45. The molecule has 0 bridgehead atoms. The normalized spacial score (nSPS) is 15.9. The van der Waals surface area contributed by atoms with Crippen molar-refractivity contribution in [1.29, 1.82) is 0 Å². The molecule has 0 aliphatic heterocycles. The fourth-order valence-electron chi connectivity index (χ4n) is 2.83. The molecule has 0 aromatic rings. The highest BCUT2D eigenvalue weighted by molar-refractivity contribution is 6.82. The Morgan fingerprint density at radius 1 is 0.500 bits per heavy atom. The van der Waals surface area contributed by atoms with Gasteiger partial charge in [-0.25, -0.2) is 8.78 Å². The highest BCUT2D eigenvalue weighted by atomic mass is 28.3. The van der Waals surface area contributed by atoms with Crippen molar-refractivity contribution >= 4 is 8.07 Å². The molecule has 0 radical (unpaired) electrons. The third kappa shape index (κ3) is 4.11. The summed E-state index contributed by atoms with van der Waals surface area (Å²) in [5.74, 6) is -27.7. The average molecular weight is 462 g/mol. The Morgan fingerprint density at radius 3 is 1.14 bits per heavy atom. The topological polar surface area (TPSA) is 0 Å². The van der Waals surface area contributed by atoms with Gasteiger partial charge in [-0.15, -0.1) is 0 Å². The Kier molecular flexibility index (Phi) is 7.66. The Morgan fingerprint density at radius 2 is 0.857 bits per heavy atom. The largest absolute Gasteiger partial charge is 0.389 e. The minimum atomic E-state index is -7.31. The second-order valence-corrected chi connectivity index (χ2v) is 11.8. The SMILES string of the molecule is CC[Si](CC)(CC)C(F)(F)C(F)(F)C(F)(F)C(F)(F)C(F)(F)CCC(F)(F)F. The van der Waals surface area contributed by atoms with Gasteiger partial charge < -0.3 is 0 Å². The molecule has 28 heavy (non-hydrogen) atoms. The first-order valence-corrected chi connectivity index (χ1v) is 10.7. The zero-order valence-electron chi connectivity index (χ0n) is 14.9. The molecular weight excluding hydrogens is 443 g/mol. The Bertz CT molecular complexity index is 512. The molecule has 0 unspecified atom stereocenters. The molecular formula is C14H19F13Si. The van der Waals surface area contributed by atoms with E-state index in [2.05, 4.69) is 0 Å². The molecule has 0 aromatic heterocycles. The summed E-state index contributed by atoms with van der Waals surface area (Å²) >= 11 is 0. The number of hydrogen-bond acceptors (Lipinski definition) is 0. The fraction of sp³-hybridized carbons (Fsp3) is 1.00. The second kappa shape index (κ2) is 7.86. The first kappa shape index (κ1) is 27.3. The molecule has 170 valence electrons. The molecule has 0 aliphatic carbocycles. The summed E-state index contributed by atoms with van der Waals surface area (Å²) in [7, 11) is -4.70. The van der Waals surface area contributed by atoms with Crippen LogP contribution in [0, 0.1) is 0 Å². The van der Waals surface area contributed by atoms with Crippen molar-refractivity contribution in [2.24, 2.45) is 0 Å². The smallest absolute Gasteiger partial charge is 0.205 e. The van der Waals surface area contributed by atoms with Crippen LogP contribution in [-0.2, 0) is 0 Å². The molecule has 0 amide bonds. The number of rotatable bonds is 10. The van der Waals surface area contributed by atoms with Gasteiger partial charge in [-0.1, -0.05) is 38.9 Å². The minimum Gasteiger partial charge on any atom is -0.205 e. The van der Waals surface area contributed by atoms with Gasteiger partial charge in [0.1, 0.15) is 8.07 Å². The van der Waals surface area contributed by atoms with E-state index in [0.717, 1.165) is 20.8 Å². The summed E-state index contributed by atoms with van der Waals surface area (Å²) in [6.07, 6.45) is -11.2. The number of hydrogen-bond donors (Lipinski definition) is 0. The van der Waals surface area contributed by atoms with E-state index in [-0.39, 0.29) is 0 Å². The van der Waals surface area contributed by atoms with Crippen LogP contribution in [0.25, 0.3) is 0 Å². The average Bonchev–Trinajstić information content (AvgIpc) is 2.53. The summed E-state index contributed by atoms with van der Waals surface area (Å²) in [4.78, 5) is 0. The molecule has 0 saturated carbocycles. The zero-order chi connectivity index (χ0) is 23.0. The quantitative estimate of drug-likeness (QED) is 0.232. The molecule has 0 saturated heterocycles. The van der Waals surface area contributed by atoms with Crippen molar-refractivity contribution in [3.8, 4) is 0 Å². The highest BCUT2D eigenvalue weighted by Gasteiger charge is 2.87. The molecule has 0 N–H and O–H groups in total. The number of alkyl halides is 13. The van der Waals surface area contributed by atoms with Gasteiger partial charge in [-0.05, 0) is 0 Å². The van der Waals surface area contributed by atoms with Crippen LogP contribution in [0.1, 0.15) is 33.6 Å². The first-order chi connectivity index (χ1) is 12.1. The van der Waals surface area contributed by atoms with Gasteiger partial charge in [0.25, 0.3) is 5.55 Å². The van der Waals surface area contributed by atoms with Crippen molar-refractivity contribution in [2.75, 3.05) is 0 Å². The van der Waals surface area contributed by atoms with Crippen LogP contribution in [0.3, 0.4) is 0 Å². The predicted molar refractivity (Wildman–Crippen MR) is 77.2 cm³/mol. The van der Waals surface area contributed by atoms with Crippen LogP contribution in [0.2, 0.25) is 18.1 Å². The maximum Gasteiger partial charge on any atom is 0.389 e. The van der Waals surface area contributed by atoms with Gasteiger partial charge in [0.05, 0.1) is 0 Å². The van der Waals surface area contributed by atoms with Crippen molar-refractivity contribution in [1.82, 2.24) is 0 Å². The number of halogens is 13. The molecule has 14 heteroatoms. The lowest BCUT2D eigenvalue weighted by atomic mass is 9.95. The van der Waals surface area contributed by atoms with Gasteiger partial charge >= 0.3 is 29.9 Å². The van der Waals surface area contributed by atoms with Crippen molar-refractivity contribution in [3.63, 3.8) is 0 Å². The van der Waals surface area contributed by atoms with Gasteiger partial charge in [-0.3, -0.25) is 0 Å². The molecule has 0 aliphatic rings. The second-order valence-electron chi connectivity index (χ2n) is 6.46. The van der Waals surface area contributed by atoms with E-state index in [9.17, 15) is 57.1 Å². The van der Waals surface area contributed by atoms with Crippen molar-refractivity contribution in [3.05, 3.63) is 0 Å². The summed E-state index contributed by atoms with van der Waals surface area (Å²) in [5, 5.41) is 0. The standard InChI is InChI=1S/C14H19F13Si/c1-4-28(5-2,6-3)14(26,27)13(24,25)12(22,23)11(20,21)9(15,16)7-8-10(17,18)19/h4-8H2,1-3H3. The van der Waals surface area contributed by atoms with Crippen LogP contribution in [-0.4, -0.2) is 43.5 Å². The van der Waals surface area contributed by atoms with Crippen LogP contribution < -0.4 is 0 Å². The molecule has 0 spiro atoms. The fourth-order valence-corrected chi connectivity index (χ4v) is 6.48. The predicted octanol–water partition coefficient (Wildman–Crippen LogP) is 7.55. The lowest BCUT2D eigenvalue weighted by molar-refractivity contribution is -0.393. The molecule has 0 atom stereocenters. The van der Waals surface area contributed by atoms with Crippen LogP contribution in [0.15, 0.2) is 0 Å². The van der Waals surface area contributed by atoms with E-state index in [0.29, 0.717) is 0 Å². The minimum absolute atomic E-state index is 0.741. The van der Waals surface area contributed by atoms with Gasteiger partial charge in [-0.2, -0.15) is 48.3 Å². The summed E-state index contributed by atoms with van der Waals surface area (Å²) in [5.41, 5.74) is -5.73. The first-order valence-electron chi connectivity index (χ1n) is 8.10. The van der Waals surface area contributed by atoms with E-state index in [1.54, 1.807) is 0 Å². The van der Waals surface area contributed by atoms with Crippen LogP contribution in [0.5, 0.6) is 0 Å². The molecule has 0 fully saturated rings. The van der Waals surface area contributed by atoms with Gasteiger partial charge in [0, 0.05) is 12.8 Å². The van der Waals surface area contributed by atoms with Crippen LogP contribution in [0.4, 0.5) is 57.1 Å². The third-order valence-electron chi connectivity index (χ3n) is 5.06. The Labute approximate surface area is 153 Å². The van der Waals surface area contributed by atoms with Gasteiger partial charge in [0.15, 0.2) is 0 Å². The summed E-state index contributed by atoms with van der Waals surface area (Å²) < 4.78 is 174. The van der Waals surface area contributed by atoms with E-state index in [1.165, 1.54) is 0 Å². The molecule has 0 aromatic carbocycles. The van der Waals surface area contributed by atoms with E-state index < -0.39 is 74.5 Å². The third-order valence-corrected chi connectivity index (χ3v) is 10.8. The van der Waals surface area contributed by atoms with E-state index in [1.807, 2.05) is 0 Å². The summed E-state index contributed by atoms with van der Waals surface area (Å²) in [6.45, 7) is 2.87.